The van der Waals surface area contributed by atoms with Crippen LogP contribution in [0.5, 0.6) is 0 Å². The van der Waals surface area contributed by atoms with Gasteiger partial charge in [0, 0.05) is 0 Å². The average molecular weight is 542 g/mol. The quantitative estimate of drug-likeness (QED) is 0.262. The van der Waals surface area contributed by atoms with Gasteiger partial charge >= 0.3 is 226 Å². The summed E-state index contributed by atoms with van der Waals surface area (Å²) in [5, 5.41) is 1.55. The predicted octanol–water partition coefficient (Wildman–Crippen LogP) is 8.85. The van der Waals surface area contributed by atoms with Crippen LogP contribution in [0, 0.1) is 0 Å². The zero-order valence-corrected chi connectivity index (χ0v) is 27.0. The first-order valence-electron chi connectivity index (χ1n) is 13.4. The fourth-order valence-electron chi connectivity index (χ4n) is 5.19. The molecule has 0 fully saturated rings. The molecule has 0 bridgehead atoms. The molecule has 0 saturated heterocycles. The average Bonchev–Trinajstić information content (AvgIpc) is 2.77. The maximum atomic E-state index is 2.56. The third kappa shape index (κ3) is 5.72. The first-order chi connectivity index (χ1) is 16.3. The molecule has 3 aromatic rings. The Morgan fingerprint density at radius 3 is 1.06 bits per heavy atom. The molecule has 0 amide bonds. The van der Waals surface area contributed by atoms with E-state index in [2.05, 4.69) is 140 Å². The summed E-state index contributed by atoms with van der Waals surface area (Å²) in [5.74, 6) is 1.93. The Kier molecular flexibility index (Phi) is 8.65. The molecular formula is C33H45GeSi. The first-order valence-corrected chi connectivity index (χ1v) is 18.0. The molecule has 0 aromatic heterocycles. The molecule has 2 heteroatoms. The van der Waals surface area contributed by atoms with Gasteiger partial charge in [0.2, 0.25) is 0 Å². The Morgan fingerprint density at radius 1 is 0.543 bits per heavy atom. The van der Waals surface area contributed by atoms with Gasteiger partial charge < -0.3 is 0 Å². The molecule has 3 rings (SSSR count). The molecule has 3 radical (unpaired) electrons. The molecular weight excluding hydrogens is 497 g/mol. The van der Waals surface area contributed by atoms with Gasteiger partial charge in [-0.2, -0.15) is 0 Å². The molecule has 35 heavy (non-hydrogen) atoms. The van der Waals surface area contributed by atoms with Crippen molar-refractivity contribution < 1.29 is 0 Å². The summed E-state index contributed by atoms with van der Waals surface area (Å²) in [5.41, 5.74) is 11.7. The van der Waals surface area contributed by atoms with E-state index in [9.17, 15) is 0 Å². The summed E-state index contributed by atoms with van der Waals surface area (Å²) in [7, 11) is -1.56. The van der Waals surface area contributed by atoms with Crippen LogP contribution in [0.1, 0.15) is 101 Å². The minimum atomic E-state index is -1.56. The van der Waals surface area contributed by atoms with Crippen LogP contribution in [0.4, 0.5) is 0 Å². The minimum absolute atomic E-state index is 0.483. The standard InChI is InChI=1S/C33H45GeSi/c1-20(2)25-14-12-15-26(21(3)4)31(25)29-18-24(35(9,10)11)19-30(33(29)34)32-27(22(5)6)16-13-17-28(32)23(7)8/h12-23H,1-11H3. The van der Waals surface area contributed by atoms with Crippen LogP contribution < -0.4 is 9.58 Å². The van der Waals surface area contributed by atoms with E-state index < -0.39 is 8.07 Å². The third-order valence-electron chi connectivity index (χ3n) is 7.29. The summed E-state index contributed by atoms with van der Waals surface area (Å²) in [6.45, 7) is 26.2. The number of benzene rings is 3. The van der Waals surface area contributed by atoms with Gasteiger partial charge in [0.1, 0.15) is 0 Å². The Balaban J connectivity index is 2.55. The molecule has 185 valence electrons. The maximum absolute atomic E-state index is 2.56. The second kappa shape index (κ2) is 10.8. The molecule has 0 N–H and O–H groups in total. The van der Waals surface area contributed by atoms with Crippen molar-refractivity contribution in [1.29, 1.82) is 0 Å². The van der Waals surface area contributed by atoms with Gasteiger partial charge in [0.15, 0.2) is 0 Å². The SMILES string of the molecule is CC(C)c1cccc(C(C)C)c1-c1cc([Si](C)(C)C)cc(-c2c(C(C)C)cccc2C(C)C)[c]1[Ge]. The molecule has 0 spiro atoms. The van der Waals surface area contributed by atoms with Crippen LogP contribution in [-0.2, 0) is 0 Å². The zero-order valence-electron chi connectivity index (χ0n) is 23.9. The number of hydrogen-bond donors (Lipinski definition) is 0. The zero-order chi connectivity index (χ0) is 26.2. The topological polar surface area (TPSA) is 0 Å². The number of hydrogen-bond acceptors (Lipinski definition) is 0. The first kappa shape index (κ1) is 28.0. The second-order valence-corrected chi connectivity index (χ2v) is 18.6. The van der Waals surface area contributed by atoms with Crippen molar-refractivity contribution in [1.82, 2.24) is 0 Å². The van der Waals surface area contributed by atoms with Gasteiger partial charge in [0.05, 0.1) is 0 Å². The molecule has 0 heterocycles. The van der Waals surface area contributed by atoms with Crippen molar-refractivity contribution in [3.05, 3.63) is 70.8 Å². The van der Waals surface area contributed by atoms with E-state index in [1.807, 2.05) is 0 Å². The van der Waals surface area contributed by atoms with Crippen molar-refractivity contribution in [2.24, 2.45) is 0 Å². The van der Waals surface area contributed by atoms with E-state index >= 15 is 0 Å². The monoisotopic (exact) mass is 543 g/mol. The molecule has 0 nitrogen and oxygen atoms in total. The van der Waals surface area contributed by atoms with E-state index in [-0.39, 0.29) is 0 Å². The van der Waals surface area contributed by atoms with Crippen LogP contribution in [0.25, 0.3) is 22.3 Å². The van der Waals surface area contributed by atoms with E-state index in [0.29, 0.717) is 23.7 Å². The molecule has 0 aliphatic rings. The van der Waals surface area contributed by atoms with E-state index in [1.54, 1.807) is 5.19 Å². The van der Waals surface area contributed by atoms with Gasteiger partial charge in [-0.25, -0.2) is 0 Å². The van der Waals surface area contributed by atoms with Gasteiger partial charge in [-0.1, -0.05) is 0 Å². The van der Waals surface area contributed by atoms with Gasteiger partial charge in [-0.15, -0.1) is 0 Å². The summed E-state index contributed by atoms with van der Waals surface area (Å²) in [4.78, 5) is 0. The molecule has 0 saturated carbocycles. The normalized spacial score (nSPS) is 12.5. The third-order valence-corrected chi connectivity index (χ3v) is 10.4. The van der Waals surface area contributed by atoms with E-state index in [4.69, 9.17) is 0 Å². The number of rotatable bonds is 7. The van der Waals surface area contributed by atoms with Crippen molar-refractivity contribution in [2.75, 3.05) is 0 Å². The van der Waals surface area contributed by atoms with Crippen molar-refractivity contribution in [3.8, 4) is 22.3 Å². The van der Waals surface area contributed by atoms with Crippen molar-refractivity contribution in [2.45, 2.75) is 98.7 Å². The Hall–Kier alpha value is -1.58. The van der Waals surface area contributed by atoms with Crippen molar-refractivity contribution >= 4 is 34.2 Å². The van der Waals surface area contributed by atoms with Crippen LogP contribution >= 0.6 is 0 Å². The van der Waals surface area contributed by atoms with Gasteiger partial charge in [-0.05, 0) is 0 Å². The fourth-order valence-corrected chi connectivity index (χ4v) is 7.18. The fraction of sp³-hybridized carbons (Fsp3) is 0.455. The Morgan fingerprint density at radius 2 is 0.829 bits per heavy atom. The summed E-state index contributed by atoms with van der Waals surface area (Å²) in [6, 6.07) is 19.1. The molecule has 0 unspecified atom stereocenters. The van der Waals surface area contributed by atoms with Gasteiger partial charge in [0.25, 0.3) is 0 Å². The molecule has 3 aromatic carbocycles. The van der Waals surface area contributed by atoms with E-state index in [0.717, 1.165) is 0 Å². The molecule has 0 aliphatic heterocycles. The van der Waals surface area contributed by atoms with Crippen LogP contribution in [0.2, 0.25) is 19.6 Å². The summed E-state index contributed by atoms with van der Waals surface area (Å²) >= 11 is 2.38. The Labute approximate surface area is 225 Å². The van der Waals surface area contributed by atoms with Gasteiger partial charge in [-0.3, -0.25) is 0 Å². The van der Waals surface area contributed by atoms with Crippen LogP contribution in [0.15, 0.2) is 48.5 Å². The van der Waals surface area contributed by atoms with Crippen LogP contribution in [0.3, 0.4) is 0 Å². The summed E-state index contributed by atoms with van der Waals surface area (Å²) in [6.07, 6.45) is 0. The van der Waals surface area contributed by atoms with Crippen LogP contribution in [-0.4, -0.2) is 24.6 Å². The van der Waals surface area contributed by atoms with E-state index in [1.165, 1.54) is 48.9 Å². The summed E-state index contributed by atoms with van der Waals surface area (Å²) < 4.78 is 1.43. The Bertz CT molecular complexity index is 1060. The molecule has 0 aliphatic carbocycles. The molecule has 0 atom stereocenters. The van der Waals surface area contributed by atoms with Crippen molar-refractivity contribution in [3.63, 3.8) is 0 Å². The second-order valence-electron chi connectivity index (χ2n) is 12.4. The predicted molar refractivity (Wildman–Crippen MR) is 162 cm³/mol.